The molecule has 0 N–H and O–H groups in total. The van der Waals surface area contributed by atoms with Crippen molar-refractivity contribution in [1.29, 1.82) is 0 Å². The van der Waals surface area contributed by atoms with Crippen LogP contribution in [0.25, 0.3) is 0 Å². The predicted octanol–water partition coefficient (Wildman–Crippen LogP) is 3.72. The molecule has 0 radical (unpaired) electrons. The average Bonchev–Trinajstić information content (AvgIpc) is 3.19. The zero-order valence-electron chi connectivity index (χ0n) is 16.8. The van der Waals surface area contributed by atoms with Crippen molar-refractivity contribution in [3.63, 3.8) is 0 Å². The van der Waals surface area contributed by atoms with Crippen molar-refractivity contribution in [1.82, 2.24) is 15.1 Å². The molecule has 1 atom stereocenters. The van der Waals surface area contributed by atoms with Gasteiger partial charge in [-0.25, -0.2) is 0 Å². The first-order chi connectivity index (χ1) is 13.8. The maximum absolute atomic E-state index is 5.59. The number of benzene rings is 1. The van der Waals surface area contributed by atoms with Gasteiger partial charge in [0.2, 0.25) is 0 Å². The van der Waals surface area contributed by atoms with E-state index in [2.05, 4.69) is 50.3 Å². The minimum Gasteiger partial charge on any atom is -0.496 e. The fourth-order valence-corrected chi connectivity index (χ4v) is 5.74. The maximum atomic E-state index is 5.59. The Morgan fingerprint density at radius 3 is 2.61 bits per heavy atom. The summed E-state index contributed by atoms with van der Waals surface area (Å²) in [5, 5.41) is 8.30. The van der Waals surface area contributed by atoms with Crippen molar-refractivity contribution < 1.29 is 4.74 Å². The highest BCUT2D eigenvalue weighted by Crippen LogP contribution is 2.48. The molecule has 2 aliphatic heterocycles. The Hall–Kier alpha value is -2.14. The summed E-state index contributed by atoms with van der Waals surface area (Å²) < 4.78 is 5.59. The average molecular weight is 379 g/mol. The fourth-order valence-electron chi connectivity index (χ4n) is 5.74. The SMILES string of the molecule is COc1ccccc1C1CCN([C@@H]2CCC3(C2)CN(c2cccnn2)C3)CC1. The smallest absolute Gasteiger partial charge is 0.151 e. The van der Waals surface area contributed by atoms with E-state index in [1.807, 2.05) is 6.07 Å². The van der Waals surface area contributed by atoms with Crippen molar-refractivity contribution in [2.45, 2.75) is 44.1 Å². The number of nitrogens with zero attached hydrogens (tertiary/aromatic N) is 4. The van der Waals surface area contributed by atoms with E-state index in [0.717, 1.165) is 30.7 Å². The van der Waals surface area contributed by atoms with Crippen LogP contribution in [0, 0.1) is 5.41 Å². The number of methoxy groups -OCH3 is 1. The fraction of sp³-hybridized carbons (Fsp3) is 0.565. The van der Waals surface area contributed by atoms with Crippen molar-refractivity contribution in [3.8, 4) is 5.75 Å². The molecule has 3 fully saturated rings. The van der Waals surface area contributed by atoms with Crippen LogP contribution in [0.5, 0.6) is 5.75 Å². The van der Waals surface area contributed by atoms with E-state index in [4.69, 9.17) is 4.74 Å². The van der Waals surface area contributed by atoms with Gasteiger partial charge in [0.1, 0.15) is 5.75 Å². The summed E-state index contributed by atoms with van der Waals surface area (Å²) in [6.45, 7) is 4.74. The van der Waals surface area contributed by atoms with Gasteiger partial charge in [-0.3, -0.25) is 0 Å². The van der Waals surface area contributed by atoms with Crippen molar-refractivity contribution in [2.75, 3.05) is 38.2 Å². The third-order valence-electron chi connectivity index (χ3n) is 7.24. The van der Waals surface area contributed by atoms with Gasteiger partial charge in [0, 0.05) is 30.7 Å². The number of aromatic nitrogens is 2. The summed E-state index contributed by atoms with van der Waals surface area (Å²) in [6, 6.07) is 13.4. The van der Waals surface area contributed by atoms with Gasteiger partial charge in [0.05, 0.1) is 7.11 Å². The molecule has 1 aromatic carbocycles. The highest BCUT2D eigenvalue weighted by Gasteiger charge is 2.49. The van der Waals surface area contributed by atoms with Gasteiger partial charge in [-0.2, -0.15) is 5.10 Å². The minimum absolute atomic E-state index is 0.516. The number of ether oxygens (including phenoxy) is 1. The van der Waals surface area contributed by atoms with Crippen LogP contribution in [-0.4, -0.2) is 54.4 Å². The van der Waals surface area contributed by atoms with Crippen LogP contribution in [0.2, 0.25) is 0 Å². The van der Waals surface area contributed by atoms with Crippen LogP contribution in [0.3, 0.4) is 0 Å². The first kappa shape index (κ1) is 17.9. The van der Waals surface area contributed by atoms with Crippen LogP contribution < -0.4 is 9.64 Å². The Morgan fingerprint density at radius 2 is 1.86 bits per heavy atom. The van der Waals surface area contributed by atoms with E-state index in [1.165, 1.54) is 50.8 Å². The Balaban J connectivity index is 1.15. The lowest BCUT2D eigenvalue weighted by atomic mass is 9.78. The largest absolute Gasteiger partial charge is 0.496 e. The number of hydrogen-bond acceptors (Lipinski definition) is 5. The van der Waals surface area contributed by atoms with Gasteiger partial charge >= 0.3 is 0 Å². The maximum Gasteiger partial charge on any atom is 0.151 e. The molecular formula is C23H30N4O. The Bertz CT molecular complexity index is 797. The molecule has 0 bridgehead atoms. The van der Waals surface area contributed by atoms with Gasteiger partial charge < -0.3 is 14.5 Å². The third kappa shape index (κ3) is 3.26. The number of hydrogen-bond donors (Lipinski definition) is 0. The van der Waals surface area contributed by atoms with Gasteiger partial charge in [0.15, 0.2) is 5.82 Å². The number of likely N-dealkylation sites (tertiary alicyclic amines) is 1. The molecule has 0 unspecified atom stereocenters. The molecule has 5 rings (SSSR count). The molecule has 28 heavy (non-hydrogen) atoms. The van der Waals surface area contributed by atoms with Crippen molar-refractivity contribution in [3.05, 3.63) is 48.2 Å². The number of para-hydroxylation sites is 1. The molecule has 1 aromatic heterocycles. The first-order valence-corrected chi connectivity index (χ1v) is 10.7. The second-order valence-corrected chi connectivity index (χ2v) is 8.89. The van der Waals surface area contributed by atoms with Gasteiger partial charge in [-0.05, 0) is 74.9 Å². The number of anilines is 1. The normalized spacial score (nSPS) is 25.0. The van der Waals surface area contributed by atoms with Crippen molar-refractivity contribution >= 4 is 5.82 Å². The zero-order valence-corrected chi connectivity index (χ0v) is 16.8. The highest BCUT2D eigenvalue weighted by molar-refractivity contribution is 5.42. The number of rotatable bonds is 4. The molecule has 1 saturated carbocycles. The summed E-state index contributed by atoms with van der Waals surface area (Å²) in [6.07, 6.45) is 8.31. The molecule has 5 nitrogen and oxygen atoms in total. The molecule has 148 valence electrons. The predicted molar refractivity (Wildman–Crippen MR) is 111 cm³/mol. The topological polar surface area (TPSA) is 41.5 Å². The molecule has 5 heteroatoms. The molecule has 0 amide bonds. The van der Waals surface area contributed by atoms with E-state index >= 15 is 0 Å². The van der Waals surface area contributed by atoms with Crippen LogP contribution >= 0.6 is 0 Å². The van der Waals surface area contributed by atoms with E-state index in [1.54, 1.807) is 13.3 Å². The lowest BCUT2D eigenvalue weighted by Gasteiger charge is -2.49. The second kappa shape index (κ2) is 7.36. The summed E-state index contributed by atoms with van der Waals surface area (Å²) in [4.78, 5) is 5.16. The molecule has 2 saturated heterocycles. The summed E-state index contributed by atoms with van der Waals surface area (Å²) in [5.74, 6) is 2.73. The monoisotopic (exact) mass is 378 g/mol. The van der Waals surface area contributed by atoms with Gasteiger partial charge in [-0.1, -0.05) is 18.2 Å². The Labute approximate surface area is 167 Å². The zero-order chi connectivity index (χ0) is 19.0. The van der Waals surface area contributed by atoms with Crippen LogP contribution in [0.15, 0.2) is 42.6 Å². The van der Waals surface area contributed by atoms with Gasteiger partial charge in [0.25, 0.3) is 0 Å². The van der Waals surface area contributed by atoms with E-state index in [9.17, 15) is 0 Å². The quantitative estimate of drug-likeness (QED) is 0.811. The molecular weight excluding hydrogens is 348 g/mol. The molecule has 3 aliphatic rings. The molecule has 1 spiro atoms. The van der Waals surface area contributed by atoms with E-state index in [-0.39, 0.29) is 0 Å². The number of piperidine rings is 1. The van der Waals surface area contributed by atoms with Crippen molar-refractivity contribution in [2.24, 2.45) is 5.41 Å². The summed E-state index contributed by atoms with van der Waals surface area (Å²) in [7, 11) is 1.79. The summed E-state index contributed by atoms with van der Waals surface area (Å²) in [5.41, 5.74) is 1.91. The van der Waals surface area contributed by atoms with E-state index < -0.39 is 0 Å². The minimum atomic E-state index is 0.516. The standard InChI is InChI=1S/C23H30N4O/c1-28-21-6-3-2-5-20(21)18-9-13-26(14-10-18)19-8-11-23(15-19)16-27(17-23)22-7-4-12-24-25-22/h2-7,12,18-19H,8-11,13-17H2,1H3/t19-/m1/s1. The lowest BCUT2D eigenvalue weighted by Crippen LogP contribution is -2.56. The first-order valence-electron chi connectivity index (χ1n) is 10.7. The lowest BCUT2D eigenvalue weighted by molar-refractivity contribution is 0.131. The molecule has 2 aromatic rings. The third-order valence-corrected chi connectivity index (χ3v) is 7.24. The van der Waals surface area contributed by atoms with Crippen LogP contribution in [-0.2, 0) is 0 Å². The van der Waals surface area contributed by atoms with Gasteiger partial charge in [-0.15, -0.1) is 5.10 Å². The highest BCUT2D eigenvalue weighted by atomic mass is 16.5. The molecule has 1 aliphatic carbocycles. The summed E-state index contributed by atoms with van der Waals surface area (Å²) >= 11 is 0. The van der Waals surface area contributed by atoms with E-state index in [0.29, 0.717) is 11.3 Å². The van der Waals surface area contributed by atoms with Crippen LogP contribution in [0.1, 0.15) is 43.6 Å². The van der Waals surface area contributed by atoms with Crippen LogP contribution in [0.4, 0.5) is 5.82 Å². The second-order valence-electron chi connectivity index (χ2n) is 8.89. The Kier molecular flexibility index (Phi) is 4.71. The Morgan fingerprint density at radius 1 is 1.04 bits per heavy atom. The molecule has 3 heterocycles.